The van der Waals surface area contributed by atoms with Gasteiger partial charge in [0.25, 0.3) is 5.91 Å². The lowest BCUT2D eigenvalue weighted by molar-refractivity contribution is -0.150. The predicted octanol–water partition coefficient (Wildman–Crippen LogP) is 2.55. The Balaban J connectivity index is 1.66. The van der Waals surface area contributed by atoms with E-state index >= 15 is 0 Å². The van der Waals surface area contributed by atoms with Crippen LogP contribution in [0.25, 0.3) is 0 Å². The van der Waals surface area contributed by atoms with Gasteiger partial charge in [-0.2, -0.15) is 0 Å². The van der Waals surface area contributed by atoms with E-state index in [0.29, 0.717) is 37.6 Å². The zero-order chi connectivity index (χ0) is 22.4. The van der Waals surface area contributed by atoms with Gasteiger partial charge in [-0.05, 0) is 57.0 Å². The minimum absolute atomic E-state index is 0.0786. The van der Waals surface area contributed by atoms with Gasteiger partial charge < -0.3 is 9.47 Å². The van der Waals surface area contributed by atoms with Gasteiger partial charge in [-0.15, -0.1) is 0 Å². The molecule has 1 aromatic carbocycles. The van der Waals surface area contributed by atoms with Crippen LogP contribution in [0.3, 0.4) is 0 Å². The molecule has 0 saturated carbocycles. The number of amides is 2. The highest BCUT2D eigenvalue weighted by Gasteiger charge is 2.44. The zero-order valence-corrected chi connectivity index (χ0v) is 18.2. The van der Waals surface area contributed by atoms with Crippen molar-refractivity contribution in [1.29, 1.82) is 0 Å². The summed E-state index contributed by atoms with van der Waals surface area (Å²) in [5, 5.41) is 0. The second kappa shape index (κ2) is 10.5. The van der Waals surface area contributed by atoms with Gasteiger partial charge in [-0.25, -0.2) is 9.69 Å². The minimum atomic E-state index is -0.580. The minimum Gasteiger partial charge on any atom is -0.466 e. The van der Waals surface area contributed by atoms with Crippen molar-refractivity contribution in [3.05, 3.63) is 29.8 Å². The molecule has 8 heteroatoms. The molecule has 0 radical (unpaired) electrons. The molecule has 2 unspecified atom stereocenters. The van der Waals surface area contributed by atoms with Crippen molar-refractivity contribution in [3.63, 3.8) is 0 Å². The fourth-order valence-electron chi connectivity index (χ4n) is 4.05. The van der Waals surface area contributed by atoms with Crippen molar-refractivity contribution in [2.45, 2.75) is 52.0 Å². The second-order valence-electron chi connectivity index (χ2n) is 7.91. The quantitative estimate of drug-likeness (QED) is 0.355. The summed E-state index contributed by atoms with van der Waals surface area (Å²) >= 11 is 0. The number of likely N-dealkylation sites (tertiary alicyclic amines) is 1. The molecule has 0 spiro atoms. The average molecular weight is 431 g/mol. The average Bonchev–Trinajstić information content (AvgIpc) is 3.08. The SMILES string of the molecule is CCCCOC(=O)c1ccc(N2C(=O)CC(N3CCCC(C(=O)OCC)C3)C2=O)cc1. The first-order valence-electron chi connectivity index (χ1n) is 11.0. The van der Waals surface area contributed by atoms with Crippen LogP contribution in [0.4, 0.5) is 5.69 Å². The van der Waals surface area contributed by atoms with E-state index in [-0.39, 0.29) is 30.1 Å². The summed E-state index contributed by atoms with van der Waals surface area (Å²) in [6.45, 7) is 5.55. The highest BCUT2D eigenvalue weighted by molar-refractivity contribution is 6.22. The summed E-state index contributed by atoms with van der Waals surface area (Å²) in [7, 11) is 0. The van der Waals surface area contributed by atoms with Crippen molar-refractivity contribution >= 4 is 29.4 Å². The third-order valence-electron chi connectivity index (χ3n) is 5.73. The van der Waals surface area contributed by atoms with Gasteiger partial charge in [0.1, 0.15) is 0 Å². The number of ether oxygens (including phenoxy) is 2. The molecule has 2 aliphatic rings. The van der Waals surface area contributed by atoms with E-state index in [1.54, 1.807) is 31.2 Å². The van der Waals surface area contributed by atoms with E-state index in [0.717, 1.165) is 25.7 Å². The molecule has 2 amide bonds. The summed E-state index contributed by atoms with van der Waals surface area (Å²) in [5.41, 5.74) is 0.811. The van der Waals surface area contributed by atoms with Crippen LogP contribution >= 0.6 is 0 Å². The van der Waals surface area contributed by atoms with Crippen molar-refractivity contribution in [2.24, 2.45) is 5.92 Å². The van der Waals surface area contributed by atoms with Crippen LogP contribution in [0.15, 0.2) is 24.3 Å². The molecule has 3 rings (SSSR count). The molecule has 8 nitrogen and oxygen atoms in total. The Morgan fingerprint density at radius 1 is 1.10 bits per heavy atom. The number of hydrogen-bond acceptors (Lipinski definition) is 7. The first kappa shape index (κ1) is 22.9. The number of carbonyl (C=O) groups is 4. The van der Waals surface area contributed by atoms with Crippen LogP contribution in [0.1, 0.15) is 56.3 Å². The number of benzene rings is 1. The van der Waals surface area contributed by atoms with Crippen LogP contribution in [0.2, 0.25) is 0 Å². The fraction of sp³-hybridized carbons (Fsp3) is 0.565. The van der Waals surface area contributed by atoms with Crippen LogP contribution < -0.4 is 4.90 Å². The normalized spacial score (nSPS) is 21.9. The molecule has 2 aliphatic heterocycles. The molecule has 2 fully saturated rings. The van der Waals surface area contributed by atoms with E-state index in [1.165, 1.54) is 4.90 Å². The lowest BCUT2D eigenvalue weighted by Crippen LogP contribution is -2.48. The van der Waals surface area contributed by atoms with Crippen molar-refractivity contribution in [3.8, 4) is 0 Å². The molecule has 31 heavy (non-hydrogen) atoms. The molecule has 2 atom stereocenters. The number of anilines is 1. The Bertz CT molecular complexity index is 822. The van der Waals surface area contributed by atoms with Crippen molar-refractivity contribution in [1.82, 2.24) is 4.90 Å². The van der Waals surface area contributed by atoms with Crippen LogP contribution in [0.5, 0.6) is 0 Å². The predicted molar refractivity (Wildman–Crippen MR) is 113 cm³/mol. The number of carbonyl (C=O) groups excluding carboxylic acids is 4. The van der Waals surface area contributed by atoms with E-state index in [1.807, 2.05) is 11.8 Å². The van der Waals surface area contributed by atoms with Gasteiger partial charge in [-0.3, -0.25) is 19.3 Å². The maximum Gasteiger partial charge on any atom is 0.338 e. The lowest BCUT2D eigenvalue weighted by Gasteiger charge is -2.34. The van der Waals surface area contributed by atoms with Gasteiger partial charge in [0.2, 0.25) is 5.91 Å². The molecule has 2 heterocycles. The van der Waals surface area contributed by atoms with Gasteiger partial charge in [0, 0.05) is 6.54 Å². The number of piperidine rings is 1. The van der Waals surface area contributed by atoms with Crippen molar-refractivity contribution < 1.29 is 28.7 Å². The molecule has 1 aromatic rings. The third kappa shape index (κ3) is 5.31. The maximum atomic E-state index is 13.1. The first-order chi connectivity index (χ1) is 15.0. The number of hydrogen-bond donors (Lipinski definition) is 0. The topological polar surface area (TPSA) is 93.2 Å². The highest BCUT2D eigenvalue weighted by Crippen LogP contribution is 2.29. The van der Waals surface area contributed by atoms with Crippen molar-refractivity contribution in [2.75, 3.05) is 31.2 Å². The van der Waals surface area contributed by atoms with Gasteiger partial charge in [0.05, 0.1) is 42.8 Å². The van der Waals surface area contributed by atoms with Gasteiger partial charge in [-0.1, -0.05) is 13.3 Å². The monoisotopic (exact) mass is 430 g/mol. The number of nitrogens with zero attached hydrogens (tertiary/aromatic N) is 2. The number of esters is 2. The first-order valence-corrected chi connectivity index (χ1v) is 11.0. The van der Waals surface area contributed by atoms with Crippen LogP contribution in [-0.4, -0.2) is 61.0 Å². The number of imide groups is 1. The number of unbranched alkanes of at least 4 members (excludes halogenated alkanes) is 1. The largest absolute Gasteiger partial charge is 0.466 e. The van der Waals surface area contributed by atoms with E-state index in [9.17, 15) is 19.2 Å². The summed E-state index contributed by atoms with van der Waals surface area (Å²) in [6.07, 6.45) is 3.31. The summed E-state index contributed by atoms with van der Waals surface area (Å²) in [6, 6.07) is 5.73. The molecule has 0 aliphatic carbocycles. The Labute approximate surface area is 182 Å². The molecular weight excluding hydrogens is 400 g/mol. The van der Waals surface area contributed by atoms with E-state index < -0.39 is 12.0 Å². The Hall–Kier alpha value is -2.74. The molecule has 0 aromatic heterocycles. The Morgan fingerprint density at radius 2 is 1.84 bits per heavy atom. The van der Waals surface area contributed by atoms with Crippen LogP contribution in [-0.2, 0) is 23.9 Å². The Morgan fingerprint density at radius 3 is 2.52 bits per heavy atom. The van der Waals surface area contributed by atoms with Gasteiger partial charge in [0.15, 0.2) is 0 Å². The lowest BCUT2D eigenvalue weighted by atomic mass is 9.96. The molecule has 0 N–H and O–H groups in total. The Kier molecular flexibility index (Phi) is 7.79. The molecule has 168 valence electrons. The highest BCUT2D eigenvalue weighted by atomic mass is 16.5. The van der Waals surface area contributed by atoms with Crippen LogP contribution in [0, 0.1) is 5.92 Å². The summed E-state index contributed by atoms with van der Waals surface area (Å²) in [5.74, 6) is -1.53. The standard InChI is InChI=1S/C23H30N2O6/c1-3-5-13-31-22(28)16-8-10-18(11-9-16)25-20(26)14-19(21(25)27)24-12-6-7-17(15-24)23(29)30-4-2/h8-11,17,19H,3-7,12-15H2,1-2H3. The number of rotatable bonds is 8. The van der Waals surface area contributed by atoms with E-state index in [2.05, 4.69) is 0 Å². The zero-order valence-electron chi connectivity index (χ0n) is 18.2. The summed E-state index contributed by atoms with van der Waals surface area (Å²) in [4.78, 5) is 53.0. The fourth-order valence-corrected chi connectivity index (χ4v) is 4.05. The second-order valence-corrected chi connectivity index (χ2v) is 7.91. The van der Waals surface area contributed by atoms with Gasteiger partial charge >= 0.3 is 11.9 Å². The smallest absolute Gasteiger partial charge is 0.338 e. The molecule has 2 saturated heterocycles. The maximum absolute atomic E-state index is 13.1. The molecular formula is C23H30N2O6. The van der Waals surface area contributed by atoms with E-state index in [4.69, 9.17) is 9.47 Å². The third-order valence-corrected chi connectivity index (χ3v) is 5.73. The summed E-state index contributed by atoms with van der Waals surface area (Å²) < 4.78 is 10.3. The molecule has 0 bridgehead atoms.